The summed E-state index contributed by atoms with van der Waals surface area (Å²) in [5.74, 6) is 0.585. The average molecular weight is 735 g/mol. The molecule has 0 aromatic carbocycles. The maximum absolute atomic E-state index is 12.0. The van der Waals surface area contributed by atoms with Crippen molar-refractivity contribution >= 4 is 11.9 Å². The lowest BCUT2D eigenvalue weighted by molar-refractivity contribution is -0.145. The Morgan fingerprint density at radius 2 is 0.635 bits per heavy atom. The molecule has 0 N–H and O–H groups in total. The molecule has 52 heavy (non-hydrogen) atoms. The Morgan fingerprint density at radius 1 is 0.346 bits per heavy atom. The van der Waals surface area contributed by atoms with E-state index in [2.05, 4.69) is 20.8 Å². The van der Waals surface area contributed by atoms with E-state index < -0.39 is 0 Å². The number of ether oxygens (including phenoxy) is 2. The Labute approximate surface area is 326 Å². The number of rotatable bonds is 44. The lowest BCUT2D eigenvalue weighted by Gasteiger charge is -2.14. The van der Waals surface area contributed by atoms with Crippen LogP contribution in [0.15, 0.2) is 0 Å². The van der Waals surface area contributed by atoms with Crippen molar-refractivity contribution in [2.75, 3.05) is 13.2 Å². The number of carbonyl (C=O) groups excluding carboxylic acids is 2. The fourth-order valence-electron chi connectivity index (χ4n) is 7.46. The van der Waals surface area contributed by atoms with Crippen molar-refractivity contribution in [2.24, 2.45) is 5.92 Å². The lowest BCUT2D eigenvalue weighted by Crippen LogP contribution is -2.13. The van der Waals surface area contributed by atoms with E-state index in [1.54, 1.807) is 0 Å². The van der Waals surface area contributed by atoms with E-state index in [0.717, 1.165) is 25.7 Å². The van der Waals surface area contributed by atoms with Crippen LogP contribution in [0.5, 0.6) is 0 Å². The topological polar surface area (TPSA) is 52.6 Å². The summed E-state index contributed by atoms with van der Waals surface area (Å²) < 4.78 is 10.9. The van der Waals surface area contributed by atoms with Crippen LogP contribution < -0.4 is 0 Å². The van der Waals surface area contributed by atoms with Gasteiger partial charge >= 0.3 is 11.9 Å². The molecule has 0 aliphatic rings. The van der Waals surface area contributed by atoms with Gasteiger partial charge in [0.1, 0.15) is 0 Å². The van der Waals surface area contributed by atoms with Gasteiger partial charge in [-0.25, -0.2) is 0 Å². The second-order valence-electron chi connectivity index (χ2n) is 16.5. The van der Waals surface area contributed by atoms with Crippen LogP contribution in [-0.2, 0) is 19.1 Å². The highest BCUT2D eigenvalue weighted by atomic mass is 16.5. The van der Waals surface area contributed by atoms with E-state index in [1.807, 2.05) is 0 Å². The number of hydrogen-bond donors (Lipinski definition) is 0. The normalized spacial score (nSPS) is 12.0. The Balaban J connectivity index is 3.19. The first-order valence-electron chi connectivity index (χ1n) is 23.9. The molecular formula is C48H94O4. The highest BCUT2D eigenvalue weighted by Gasteiger charge is 2.10. The minimum absolute atomic E-state index is 0.0160. The fraction of sp³-hybridized carbons (Fsp3) is 0.958. The summed E-state index contributed by atoms with van der Waals surface area (Å²) in [6, 6.07) is 0. The summed E-state index contributed by atoms with van der Waals surface area (Å²) in [6.07, 6.45) is 51.4. The van der Waals surface area contributed by atoms with Gasteiger partial charge in [0.25, 0.3) is 0 Å². The molecule has 0 aromatic rings. The summed E-state index contributed by atoms with van der Waals surface area (Å²) >= 11 is 0. The summed E-state index contributed by atoms with van der Waals surface area (Å²) in [4.78, 5) is 23.8. The summed E-state index contributed by atoms with van der Waals surface area (Å²) in [6.45, 7) is 7.92. The van der Waals surface area contributed by atoms with Crippen LogP contribution in [0.25, 0.3) is 0 Å². The molecule has 0 saturated heterocycles. The van der Waals surface area contributed by atoms with E-state index in [1.165, 1.54) is 218 Å². The first kappa shape index (κ1) is 50.9. The van der Waals surface area contributed by atoms with Crippen molar-refractivity contribution in [3.63, 3.8) is 0 Å². The molecule has 4 nitrogen and oxygen atoms in total. The van der Waals surface area contributed by atoms with Gasteiger partial charge in [-0.2, -0.15) is 0 Å². The maximum atomic E-state index is 12.0. The van der Waals surface area contributed by atoms with Crippen molar-refractivity contribution < 1.29 is 19.1 Å². The van der Waals surface area contributed by atoms with Crippen LogP contribution in [0.3, 0.4) is 0 Å². The van der Waals surface area contributed by atoms with E-state index >= 15 is 0 Å². The summed E-state index contributed by atoms with van der Waals surface area (Å²) in [5.41, 5.74) is 0. The lowest BCUT2D eigenvalue weighted by atomic mass is 10.0. The quantitative estimate of drug-likeness (QED) is 0.0462. The van der Waals surface area contributed by atoms with Crippen molar-refractivity contribution in [1.29, 1.82) is 0 Å². The second-order valence-corrected chi connectivity index (χ2v) is 16.5. The molecule has 0 aliphatic heterocycles. The average Bonchev–Trinajstić information content (AvgIpc) is 3.15. The zero-order chi connectivity index (χ0) is 37.8. The monoisotopic (exact) mass is 735 g/mol. The third kappa shape index (κ3) is 41.7. The molecule has 0 aromatic heterocycles. The van der Waals surface area contributed by atoms with E-state index in [9.17, 15) is 9.59 Å². The predicted octanol–water partition coefficient (Wildman–Crippen LogP) is 16.4. The molecule has 0 radical (unpaired) electrons. The standard InChI is InChI=1S/C48H94O4/c1-4-7-9-10-37-40-44-51-47(49)42-38-35-33-31-29-27-25-23-21-19-17-15-13-11-12-14-16-18-20-22-24-26-28-30-32-34-36-39-43-48(50)52-45-46(6-3)41-8-5-2/h46H,4-45H2,1-3H3. The van der Waals surface area contributed by atoms with Gasteiger partial charge in [0.15, 0.2) is 0 Å². The van der Waals surface area contributed by atoms with Gasteiger partial charge in [-0.3, -0.25) is 9.59 Å². The smallest absolute Gasteiger partial charge is 0.305 e. The van der Waals surface area contributed by atoms with Crippen molar-refractivity contribution in [3.8, 4) is 0 Å². The molecule has 0 aliphatic carbocycles. The highest BCUT2D eigenvalue weighted by molar-refractivity contribution is 5.69. The third-order valence-corrected chi connectivity index (χ3v) is 11.3. The molecule has 0 bridgehead atoms. The van der Waals surface area contributed by atoms with Gasteiger partial charge in [0.2, 0.25) is 0 Å². The molecular weight excluding hydrogens is 641 g/mol. The maximum Gasteiger partial charge on any atom is 0.305 e. The zero-order valence-corrected chi connectivity index (χ0v) is 35.9. The highest BCUT2D eigenvalue weighted by Crippen LogP contribution is 2.18. The Hall–Kier alpha value is -1.06. The van der Waals surface area contributed by atoms with Crippen molar-refractivity contribution in [3.05, 3.63) is 0 Å². The van der Waals surface area contributed by atoms with Gasteiger partial charge in [0, 0.05) is 12.8 Å². The van der Waals surface area contributed by atoms with E-state index in [-0.39, 0.29) is 11.9 Å². The van der Waals surface area contributed by atoms with Gasteiger partial charge in [0.05, 0.1) is 13.2 Å². The van der Waals surface area contributed by atoms with Gasteiger partial charge in [-0.05, 0) is 31.6 Å². The molecule has 310 valence electrons. The van der Waals surface area contributed by atoms with Crippen LogP contribution in [0, 0.1) is 5.92 Å². The van der Waals surface area contributed by atoms with Crippen LogP contribution >= 0.6 is 0 Å². The number of unbranched alkanes of at least 4 members (excludes halogenated alkanes) is 33. The SMILES string of the molecule is CCCCCCCCOC(=O)CCCCCCCCCCCCCCCCCCCCCCCCCCCCCCC(=O)OCC(CC)CCCC. The van der Waals surface area contributed by atoms with Gasteiger partial charge < -0.3 is 9.47 Å². The fourth-order valence-corrected chi connectivity index (χ4v) is 7.46. The number of hydrogen-bond acceptors (Lipinski definition) is 4. The molecule has 0 rings (SSSR count). The van der Waals surface area contributed by atoms with Crippen molar-refractivity contribution in [2.45, 2.75) is 278 Å². The first-order valence-corrected chi connectivity index (χ1v) is 23.9. The van der Waals surface area contributed by atoms with Crippen molar-refractivity contribution in [1.82, 2.24) is 0 Å². The van der Waals surface area contributed by atoms with E-state index in [4.69, 9.17) is 9.47 Å². The van der Waals surface area contributed by atoms with Gasteiger partial charge in [-0.1, -0.05) is 239 Å². The number of esters is 2. The molecule has 1 unspecified atom stereocenters. The molecule has 1 atom stereocenters. The molecule has 0 heterocycles. The summed E-state index contributed by atoms with van der Waals surface area (Å²) in [5, 5.41) is 0. The molecule has 0 spiro atoms. The largest absolute Gasteiger partial charge is 0.466 e. The van der Waals surface area contributed by atoms with E-state index in [0.29, 0.717) is 32.0 Å². The predicted molar refractivity (Wildman–Crippen MR) is 227 cm³/mol. The Kier molecular flexibility index (Phi) is 43.4. The third-order valence-electron chi connectivity index (χ3n) is 11.3. The number of carbonyl (C=O) groups is 2. The Morgan fingerprint density at radius 3 is 0.962 bits per heavy atom. The molecule has 0 fully saturated rings. The van der Waals surface area contributed by atoms with Crippen LogP contribution in [0.1, 0.15) is 278 Å². The molecule has 4 heteroatoms. The molecule has 0 amide bonds. The first-order chi connectivity index (χ1) is 25.6. The van der Waals surface area contributed by atoms with Crippen LogP contribution in [0.4, 0.5) is 0 Å². The van der Waals surface area contributed by atoms with Crippen LogP contribution in [0.2, 0.25) is 0 Å². The van der Waals surface area contributed by atoms with Gasteiger partial charge in [-0.15, -0.1) is 0 Å². The van der Waals surface area contributed by atoms with Crippen LogP contribution in [-0.4, -0.2) is 25.2 Å². The molecule has 0 saturated carbocycles. The Bertz CT molecular complexity index is 706. The second kappa shape index (κ2) is 44.3. The summed E-state index contributed by atoms with van der Waals surface area (Å²) in [7, 11) is 0. The minimum Gasteiger partial charge on any atom is -0.466 e. The minimum atomic E-state index is 0.0160. The zero-order valence-electron chi connectivity index (χ0n) is 35.9.